The lowest BCUT2D eigenvalue weighted by Crippen LogP contribution is -1.90. The number of benzene rings is 2. The molecule has 100 valence electrons. The standard InChI is InChI=1S/C16H13ClN2S/c1-11-7-8-13(9-14(11)17)18-16-19-15(10-20-16)12-5-3-2-4-6-12/h2-10H,1H3,(H,18,19). The summed E-state index contributed by atoms with van der Waals surface area (Å²) < 4.78 is 0. The van der Waals surface area contributed by atoms with Gasteiger partial charge in [-0.2, -0.15) is 0 Å². The molecule has 3 aromatic rings. The Balaban J connectivity index is 1.82. The summed E-state index contributed by atoms with van der Waals surface area (Å²) in [4.78, 5) is 4.59. The second-order valence-electron chi connectivity index (χ2n) is 4.49. The molecule has 2 aromatic carbocycles. The third kappa shape index (κ3) is 2.84. The summed E-state index contributed by atoms with van der Waals surface area (Å²) in [6.45, 7) is 1.99. The van der Waals surface area contributed by atoms with Crippen molar-refractivity contribution in [1.82, 2.24) is 4.98 Å². The van der Waals surface area contributed by atoms with Gasteiger partial charge >= 0.3 is 0 Å². The van der Waals surface area contributed by atoms with Gasteiger partial charge in [-0.05, 0) is 24.6 Å². The highest BCUT2D eigenvalue weighted by Gasteiger charge is 2.05. The van der Waals surface area contributed by atoms with Crippen LogP contribution in [0.5, 0.6) is 0 Å². The van der Waals surface area contributed by atoms with Crippen LogP contribution in [0.15, 0.2) is 53.9 Å². The fraction of sp³-hybridized carbons (Fsp3) is 0.0625. The highest BCUT2D eigenvalue weighted by Crippen LogP contribution is 2.28. The number of rotatable bonds is 3. The Labute approximate surface area is 127 Å². The molecule has 2 nitrogen and oxygen atoms in total. The van der Waals surface area contributed by atoms with Crippen molar-refractivity contribution in [3.8, 4) is 11.3 Å². The fourth-order valence-corrected chi connectivity index (χ4v) is 2.79. The highest BCUT2D eigenvalue weighted by molar-refractivity contribution is 7.14. The molecule has 0 aliphatic heterocycles. The molecule has 0 aliphatic carbocycles. The molecule has 0 radical (unpaired) electrons. The van der Waals surface area contributed by atoms with E-state index in [1.807, 2.05) is 48.7 Å². The Morgan fingerprint density at radius 3 is 2.65 bits per heavy atom. The van der Waals surface area contributed by atoms with Crippen molar-refractivity contribution in [2.24, 2.45) is 0 Å². The SMILES string of the molecule is Cc1ccc(Nc2nc(-c3ccccc3)cs2)cc1Cl. The van der Waals surface area contributed by atoms with Crippen LogP contribution in [-0.4, -0.2) is 4.98 Å². The van der Waals surface area contributed by atoms with Crippen LogP contribution in [-0.2, 0) is 0 Å². The minimum atomic E-state index is 0.759. The summed E-state index contributed by atoms with van der Waals surface area (Å²) in [6.07, 6.45) is 0. The average molecular weight is 301 g/mol. The van der Waals surface area contributed by atoms with E-state index in [0.717, 1.165) is 32.7 Å². The number of hydrogen-bond donors (Lipinski definition) is 1. The van der Waals surface area contributed by atoms with Crippen molar-refractivity contribution >= 4 is 33.8 Å². The fourth-order valence-electron chi connectivity index (χ4n) is 1.87. The molecule has 0 atom stereocenters. The summed E-state index contributed by atoms with van der Waals surface area (Å²) in [6, 6.07) is 16.1. The maximum absolute atomic E-state index is 6.12. The quantitative estimate of drug-likeness (QED) is 0.689. The molecule has 0 spiro atoms. The predicted molar refractivity (Wildman–Crippen MR) is 87.0 cm³/mol. The number of aryl methyl sites for hydroxylation is 1. The van der Waals surface area contributed by atoms with Gasteiger partial charge < -0.3 is 5.32 Å². The van der Waals surface area contributed by atoms with Gasteiger partial charge in [0.2, 0.25) is 0 Å². The zero-order chi connectivity index (χ0) is 13.9. The van der Waals surface area contributed by atoms with E-state index in [9.17, 15) is 0 Å². The van der Waals surface area contributed by atoms with E-state index in [-0.39, 0.29) is 0 Å². The van der Waals surface area contributed by atoms with E-state index in [1.165, 1.54) is 0 Å². The molecule has 0 aliphatic rings. The lowest BCUT2D eigenvalue weighted by atomic mass is 10.2. The maximum Gasteiger partial charge on any atom is 0.187 e. The molecular formula is C16H13ClN2S. The lowest BCUT2D eigenvalue weighted by molar-refractivity contribution is 1.38. The number of hydrogen-bond acceptors (Lipinski definition) is 3. The number of anilines is 2. The Hall–Kier alpha value is -1.84. The van der Waals surface area contributed by atoms with Crippen LogP contribution < -0.4 is 5.32 Å². The zero-order valence-corrected chi connectivity index (χ0v) is 12.5. The third-order valence-electron chi connectivity index (χ3n) is 3.00. The summed E-state index contributed by atoms with van der Waals surface area (Å²) in [5, 5.41) is 6.96. The van der Waals surface area contributed by atoms with E-state index in [1.54, 1.807) is 11.3 Å². The normalized spacial score (nSPS) is 10.5. The molecule has 0 amide bonds. The van der Waals surface area contributed by atoms with Crippen LogP contribution in [0, 0.1) is 6.92 Å². The van der Waals surface area contributed by atoms with Gasteiger partial charge in [-0.3, -0.25) is 0 Å². The van der Waals surface area contributed by atoms with Crippen molar-refractivity contribution < 1.29 is 0 Å². The Morgan fingerprint density at radius 2 is 1.90 bits per heavy atom. The van der Waals surface area contributed by atoms with Gasteiger partial charge in [0, 0.05) is 21.7 Å². The van der Waals surface area contributed by atoms with Gasteiger partial charge in [0.25, 0.3) is 0 Å². The molecule has 1 aromatic heterocycles. The molecule has 0 fully saturated rings. The molecule has 20 heavy (non-hydrogen) atoms. The van der Waals surface area contributed by atoms with E-state index < -0.39 is 0 Å². The number of aromatic nitrogens is 1. The van der Waals surface area contributed by atoms with Gasteiger partial charge in [-0.1, -0.05) is 48.0 Å². The second kappa shape index (κ2) is 5.65. The van der Waals surface area contributed by atoms with Crippen LogP contribution in [0.1, 0.15) is 5.56 Å². The van der Waals surface area contributed by atoms with Crippen molar-refractivity contribution in [1.29, 1.82) is 0 Å². The van der Waals surface area contributed by atoms with Crippen LogP contribution in [0.2, 0.25) is 5.02 Å². The van der Waals surface area contributed by atoms with Crippen LogP contribution in [0.4, 0.5) is 10.8 Å². The molecule has 0 unspecified atom stereocenters. The van der Waals surface area contributed by atoms with E-state index in [2.05, 4.69) is 22.4 Å². The highest BCUT2D eigenvalue weighted by atomic mass is 35.5. The van der Waals surface area contributed by atoms with Crippen LogP contribution in [0.25, 0.3) is 11.3 Å². The first-order chi connectivity index (χ1) is 9.72. The summed E-state index contributed by atoms with van der Waals surface area (Å²) >= 11 is 7.71. The Morgan fingerprint density at radius 1 is 1.10 bits per heavy atom. The van der Waals surface area contributed by atoms with E-state index in [0.29, 0.717) is 0 Å². The van der Waals surface area contributed by atoms with E-state index >= 15 is 0 Å². The molecule has 0 saturated carbocycles. The Kier molecular flexibility index (Phi) is 3.72. The smallest absolute Gasteiger partial charge is 0.187 e. The molecule has 0 bridgehead atoms. The molecule has 1 N–H and O–H groups in total. The van der Waals surface area contributed by atoms with Crippen LogP contribution in [0.3, 0.4) is 0 Å². The molecular weight excluding hydrogens is 288 g/mol. The van der Waals surface area contributed by atoms with Gasteiger partial charge in [0.05, 0.1) is 5.69 Å². The third-order valence-corrected chi connectivity index (χ3v) is 4.16. The number of halogens is 1. The number of nitrogens with zero attached hydrogens (tertiary/aromatic N) is 1. The summed E-state index contributed by atoms with van der Waals surface area (Å²) in [5.74, 6) is 0. The van der Waals surface area contributed by atoms with Crippen molar-refractivity contribution in [2.75, 3.05) is 5.32 Å². The lowest BCUT2D eigenvalue weighted by Gasteiger charge is -2.04. The van der Waals surface area contributed by atoms with Gasteiger partial charge in [-0.25, -0.2) is 4.98 Å². The Bertz CT molecular complexity index is 722. The number of nitrogens with one attached hydrogen (secondary N) is 1. The molecule has 4 heteroatoms. The zero-order valence-electron chi connectivity index (χ0n) is 10.9. The summed E-state index contributed by atoms with van der Waals surface area (Å²) in [7, 11) is 0. The van der Waals surface area contributed by atoms with Gasteiger partial charge in [0.15, 0.2) is 5.13 Å². The molecule has 1 heterocycles. The van der Waals surface area contributed by atoms with E-state index in [4.69, 9.17) is 11.6 Å². The average Bonchev–Trinajstić information content (AvgIpc) is 2.92. The first-order valence-corrected chi connectivity index (χ1v) is 7.52. The van der Waals surface area contributed by atoms with Crippen molar-refractivity contribution in [3.05, 3.63) is 64.5 Å². The monoisotopic (exact) mass is 300 g/mol. The van der Waals surface area contributed by atoms with Gasteiger partial charge in [0.1, 0.15) is 0 Å². The van der Waals surface area contributed by atoms with Crippen molar-refractivity contribution in [2.45, 2.75) is 6.92 Å². The van der Waals surface area contributed by atoms with Crippen LogP contribution >= 0.6 is 22.9 Å². The van der Waals surface area contributed by atoms with Crippen molar-refractivity contribution in [3.63, 3.8) is 0 Å². The van der Waals surface area contributed by atoms with Gasteiger partial charge in [-0.15, -0.1) is 11.3 Å². The minimum Gasteiger partial charge on any atom is -0.331 e. The largest absolute Gasteiger partial charge is 0.331 e. The predicted octanol–water partition coefficient (Wildman–Crippen LogP) is 5.52. The summed E-state index contributed by atoms with van der Waals surface area (Å²) in [5.41, 5.74) is 4.13. The second-order valence-corrected chi connectivity index (χ2v) is 5.76. The first kappa shape index (κ1) is 13.2. The molecule has 3 rings (SSSR count). The molecule has 0 saturated heterocycles. The first-order valence-electron chi connectivity index (χ1n) is 6.26. The minimum absolute atomic E-state index is 0.759. The maximum atomic E-state index is 6.12. The topological polar surface area (TPSA) is 24.9 Å². The number of thiazole rings is 1.